The van der Waals surface area contributed by atoms with Crippen LogP contribution in [0.15, 0.2) is 5.38 Å². The Morgan fingerprint density at radius 1 is 1.29 bits per heavy atom. The van der Waals surface area contributed by atoms with Gasteiger partial charge in [-0.3, -0.25) is 4.79 Å². The van der Waals surface area contributed by atoms with Gasteiger partial charge in [-0.25, -0.2) is 9.78 Å². The van der Waals surface area contributed by atoms with E-state index in [1.165, 1.54) is 17.8 Å². The highest BCUT2D eigenvalue weighted by atomic mass is 32.1. The molecule has 134 valence electrons. The van der Waals surface area contributed by atoms with E-state index in [0.717, 1.165) is 31.4 Å². The van der Waals surface area contributed by atoms with Crippen LogP contribution in [0.3, 0.4) is 0 Å². The van der Waals surface area contributed by atoms with Gasteiger partial charge in [-0.15, -0.1) is 11.3 Å². The Kier molecular flexibility index (Phi) is 6.21. The SMILES string of the molecule is Cc1csc(NC(=O)CN(C(=O)NC(C)(C)C)C2CCCCC2)n1. The van der Waals surface area contributed by atoms with E-state index in [2.05, 4.69) is 15.6 Å². The molecule has 1 aliphatic carbocycles. The normalized spacial score (nSPS) is 15.8. The fourth-order valence-electron chi connectivity index (χ4n) is 2.88. The molecular formula is C17H28N4O2S. The zero-order chi connectivity index (χ0) is 17.7. The van der Waals surface area contributed by atoms with Crippen LogP contribution in [-0.4, -0.2) is 39.9 Å². The molecule has 0 spiro atoms. The molecule has 1 saturated carbocycles. The first-order chi connectivity index (χ1) is 11.2. The van der Waals surface area contributed by atoms with Crippen molar-refractivity contribution in [3.63, 3.8) is 0 Å². The van der Waals surface area contributed by atoms with Gasteiger partial charge in [0.2, 0.25) is 5.91 Å². The highest BCUT2D eigenvalue weighted by molar-refractivity contribution is 7.13. The van der Waals surface area contributed by atoms with E-state index in [4.69, 9.17) is 0 Å². The fourth-order valence-corrected chi connectivity index (χ4v) is 3.58. The molecule has 24 heavy (non-hydrogen) atoms. The minimum absolute atomic E-state index is 0.0607. The summed E-state index contributed by atoms with van der Waals surface area (Å²) in [5.41, 5.74) is 0.553. The van der Waals surface area contributed by atoms with Crippen molar-refractivity contribution in [1.29, 1.82) is 0 Å². The van der Waals surface area contributed by atoms with Crippen molar-refractivity contribution in [2.24, 2.45) is 0 Å². The topological polar surface area (TPSA) is 74.3 Å². The Bertz CT molecular complexity index is 573. The summed E-state index contributed by atoms with van der Waals surface area (Å²) in [6.07, 6.45) is 5.34. The predicted octanol–water partition coefficient (Wildman–Crippen LogP) is 3.53. The molecule has 0 saturated heterocycles. The number of hydrogen-bond donors (Lipinski definition) is 2. The first-order valence-electron chi connectivity index (χ1n) is 8.55. The third-order valence-corrected chi connectivity index (χ3v) is 4.81. The molecule has 0 aliphatic heterocycles. The number of nitrogens with zero attached hydrogens (tertiary/aromatic N) is 2. The number of urea groups is 1. The van der Waals surface area contributed by atoms with Crippen LogP contribution in [0, 0.1) is 6.92 Å². The summed E-state index contributed by atoms with van der Waals surface area (Å²) in [4.78, 5) is 31.0. The molecule has 6 nitrogen and oxygen atoms in total. The van der Waals surface area contributed by atoms with Gasteiger partial charge in [0, 0.05) is 17.0 Å². The van der Waals surface area contributed by atoms with Crippen LogP contribution in [0.5, 0.6) is 0 Å². The number of anilines is 1. The number of nitrogens with one attached hydrogen (secondary N) is 2. The van der Waals surface area contributed by atoms with E-state index in [-0.39, 0.29) is 30.1 Å². The van der Waals surface area contributed by atoms with Crippen molar-refractivity contribution in [3.8, 4) is 0 Å². The largest absolute Gasteiger partial charge is 0.333 e. The number of rotatable bonds is 4. The monoisotopic (exact) mass is 352 g/mol. The van der Waals surface area contributed by atoms with Crippen LogP contribution in [0.1, 0.15) is 58.6 Å². The predicted molar refractivity (Wildman–Crippen MR) is 97.3 cm³/mol. The molecule has 7 heteroatoms. The maximum atomic E-state index is 12.7. The molecule has 3 amide bonds. The molecule has 1 aromatic heterocycles. The number of carbonyl (C=O) groups excluding carboxylic acids is 2. The quantitative estimate of drug-likeness (QED) is 0.870. The fraction of sp³-hybridized carbons (Fsp3) is 0.706. The van der Waals surface area contributed by atoms with Crippen LogP contribution in [-0.2, 0) is 4.79 Å². The summed E-state index contributed by atoms with van der Waals surface area (Å²) in [5.74, 6) is -0.195. The molecule has 0 unspecified atom stereocenters. The lowest BCUT2D eigenvalue weighted by atomic mass is 9.94. The van der Waals surface area contributed by atoms with Gasteiger partial charge in [-0.2, -0.15) is 0 Å². The van der Waals surface area contributed by atoms with Gasteiger partial charge >= 0.3 is 6.03 Å². The van der Waals surface area contributed by atoms with Crippen LogP contribution < -0.4 is 10.6 Å². The third kappa shape index (κ3) is 5.78. The van der Waals surface area contributed by atoms with E-state index >= 15 is 0 Å². The third-order valence-electron chi connectivity index (χ3n) is 3.94. The second-order valence-corrected chi connectivity index (χ2v) is 8.30. The van der Waals surface area contributed by atoms with Crippen molar-refractivity contribution in [2.75, 3.05) is 11.9 Å². The summed E-state index contributed by atoms with van der Waals surface area (Å²) >= 11 is 1.40. The minimum Gasteiger partial charge on any atom is -0.333 e. The second-order valence-electron chi connectivity index (χ2n) is 7.44. The first kappa shape index (κ1) is 18.7. The molecule has 1 fully saturated rings. The van der Waals surface area contributed by atoms with Crippen molar-refractivity contribution in [1.82, 2.24) is 15.2 Å². The molecule has 2 N–H and O–H groups in total. The first-order valence-corrected chi connectivity index (χ1v) is 9.43. The van der Waals surface area contributed by atoms with E-state index in [9.17, 15) is 9.59 Å². The van der Waals surface area contributed by atoms with Crippen LogP contribution >= 0.6 is 11.3 Å². The molecule has 0 radical (unpaired) electrons. The Morgan fingerprint density at radius 2 is 1.96 bits per heavy atom. The van der Waals surface area contributed by atoms with E-state index < -0.39 is 0 Å². The zero-order valence-corrected chi connectivity index (χ0v) is 15.8. The molecule has 1 aromatic rings. The van der Waals surface area contributed by atoms with Crippen LogP contribution in [0.2, 0.25) is 0 Å². The maximum absolute atomic E-state index is 12.7. The zero-order valence-electron chi connectivity index (χ0n) is 15.0. The second kappa shape index (κ2) is 7.96. The lowest BCUT2D eigenvalue weighted by Gasteiger charge is -2.36. The standard InChI is InChI=1S/C17H28N4O2S/c1-12-11-24-15(18-12)19-14(22)10-21(13-8-6-5-7-9-13)16(23)20-17(2,3)4/h11,13H,5-10H2,1-4H3,(H,20,23)(H,18,19,22). The number of carbonyl (C=O) groups is 2. The van der Waals surface area contributed by atoms with Crippen molar-refractivity contribution in [2.45, 2.75) is 71.4 Å². The van der Waals surface area contributed by atoms with Crippen LogP contribution in [0.25, 0.3) is 0 Å². The molecule has 0 atom stereocenters. The number of aromatic nitrogens is 1. The highest BCUT2D eigenvalue weighted by Crippen LogP contribution is 2.23. The minimum atomic E-state index is -0.326. The lowest BCUT2D eigenvalue weighted by Crippen LogP contribution is -2.54. The van der Waals surface area contributed by atoms with Crippen molar-refractivity contribution in [3.05, 3.63) is 11.1 Å². The van der Waals surface area contributed by atoms with Crippen molar-refractivity contribution < 1.29 is 9.59 Å². The Labute approximate surface area is 148 Å². The average Bonchev–Trinajstić information content (AvgIpc) is 2.89. The van der Waals surface area contributed by atoms with E-state index in [1.807, 2.05) is 33.1 Å². The number of thiazole rings is 1. The van der Waals surface area contributed by atoms with Gasteiger partial charge in [0.05, 0.1) is 5.69 Å². The molecule has 0 bridgehead atoms. The van der Waals surface area contributed by atoms with Crippen LogP contribution in [0.4, 0.5) is 9.93 Å². The average molecular weight is 353 g/mol. The Morgan fingerprint density at radius 3 is 2.50 bits per heavy atom. The summed E-state index contributed by atoms with van der Waals surface area (Å²) in [6.45, 7) is 7.79. The molecule has 0 aromatic carbocycles. The highest BCUT2D eigenvalue weighted by Gasteiger charge is 2.29. The Hall–Kier alpha value is -1.63. The summed E-state index contributed by atoms with van der Waals surface area (Å²) in [6, 6.07) is -0.0373. The van der Waals surface area contributed by atoms with Gasteiger partial charge < -0.3 is 15.5 Å². The number of amides is 3. The number of hydrogen-bond acceptors (Lipinski definition) is 4. The van der Waals surface area contributed by atoms with Gasteiger partial charge in [0.15, 0.2) is 5.13 Å². The summed E-state index contributed by atoms with van der Waals surface area (Å²) in [7, 11) is 0. The van der Waals surface area contributed by atoms with Gasteiger partial charge in [-0.05, 0) is 40.5 Å². The summed E-state index contributed by atoms with van der Waals surface area (Å²) in [5, 5.41) is 8.25. The van der Waals surface area contributed by atoms with E-state index in [0.29, 0.717) is 5.13 Å². The summed E-state index contributed by atoms with van der Waals surface area (Å²) < 4.78 is 0. The van der Waals surface area contributed by atoms with Crippen molar-refractivity contribution >= 4 is 28.4 Å². The molecular weight excluding hydrogens is 324 g/mol. The number of aryl methyl sites for hydroxylation is 1. The lowest BCUT2D eigenvalue weighted by molar-refractivity contribution is -0.117. The van der Waals surface area contributed by atoms with Gasteiger partial charge in [-0.1, -0.05) is 19.3 Å². The molecule has 1 heterocycles. The van der Waals surface area contributed by atoms with Gasteiger partial charge in [0.1, 0.15) is 6.54 Å². The maximum Gasteiger partial charge on any atom is 0.318 e. The molecule has 2 rings (SSSR count). The smallest absolute Gasteiger partial charge is 0.318 e. The van der Waals surface area contributed by atoms with E-state index in [1.54, 1.807) is 4.90 Å². The Balaban J connectivity index is 2.03. The molecule has 1 aliphatic rings. The van der Waals surface area contributed by atoms with Gasteiger partial charge in [0.25, 0.3) is 0 Å².